The number of hydrogen-bond donors (Lipinski definition) is 0. The number of ether oxygens (including phenoxy) is 2. The number of benzene rings is 1. The second kappa shape index (κ2) is 9.46. The predicted molar refractivity (Wildman–Crippen MR) is 134 cm³/mol. The lowest BCUT2D eigenvalue weighted by Crippen LogP contribution is -2.31. The number of fused-ring (bicyclic) bond motifs is 1. The number of hydrogen-bond acceptors (Lipinski definition) is 7. The van der Waals surface area contributed by atoms with Crippen molar-refractivity contribution in [3.05, 3.63) is 74.0 Å². The molecule has 0 bridgehead atoms. The van der Waals surface area contributed by atoms with Crippen molar-refractivity contribution in [2.75, 3.05) is 20.3 Å². The van der Waals surface area contributed by atoms with Crippen LogP contribution in [0.2, 0.25) is 0 Å². The molecule has 3 heterocycles. The van der Waals surface area contributed by atoms with Gasteiger partial charge in [-0.3, -0.25) is 18.9 Å². The van der Waals surface area contributed by atoms with E-state index in [2.05, 4.69) is 4.98 Å². The monoisotopic (exact) mass is 481 g/mol. The van der Waals surface area contributed by atoms with Gasteiger partial charge in [0.15, 0.2) is 0 Å². The zero-order valence-corrected chi connectivity index (χ0v) is 20.4. The Bertz CT molecular complexity index is 1360. The van der Waals surface area contributed by atoms with Crippen molar-refractivity contribution in [2.45, 2.75) is 20.8 Å². The highest BCUT2D eigenvalue weighted by Gasteiger charge is 2.32. The van der Waals surface area contributed by atoms with Crippen LogP contribution in [-0.2, 0) is 9.53 Å². The first-order valence-corrected chi connectivity index (χ1v) is 11.5. The zero-order valence-electron chi connectivity index (χ0n) is 18.7. The summed E-state index contributed by atoms with van der Waals surface area (Å²) in [4.78, 5) is 32.9. The minimum atomic E-state index is -0.328. The summed E-state index contributed by atoms with van der Waals surface area (Å²) in [5.74, 6) is 0.462. The quantitative estimate of drug-likeness (QED) is 0.385. The predicted octanol–water partition coefficient (Wildman–Crippen LogP) is 4.26. The molecule has 0 aliphatic carbocycles. The summed E-state index contributed by atoms with van der Waals surface area (Å²) in [5, 5.41) is 0. The highest BCUT2D eigenvalue weighted by molar-refractivity contribution is 8.26. The van der Waals surface area contributed by atoms with Crippen molar-refractivity contribution in [1.82, 2.24) is 14.3 Å². The van der Waals surface area contributed by atoms with Crippen LogP contribution in [0.15, 0.2) is 46.2 Å². The second-order valence-corrected chi connectivity index (χ2v) is 9.39. The van der Waals surface area contributed by atoms with Gasteiger partial charge in [-0.1, -0.05) is 47.7 Å². The van der Waals surface area contributed by atoms with E-state index in [-0.39, 0.29) is 22.9 Å². The molecule has 0 radical (unpaired) electrons. The molecule has 0 saturated carbocycles. The first-order chi connectivity index (χ1) is 15.8. The highest BCUT2D eigenvalue weighted by atomic mass is 32.2. The van der Waals surface area contributed by atoms with Crippen molar-refractivity contribution in [1.29, 1.82) is 0 Å². The van der Waals surface area contributed by atoms with Gasteiger partial charge in [0, 0.05) is 13.3 Å². The van der Waals surface area contributed by atoms with Crippen LogP contribution >= 0.6 is 24.0 Å². The molecule has 1 amide bonds. The molecule has 7 nitrogen and oxygen atoms in total. The van der Waals surface area contributed by atoms with Crippen molar-refractivity contribution < 1.29 is 14.3 Å². The normalized spacial score (nSPS) is 15.2. The van der Waals surface area contributed by atoms with Gasteiger partial charge < -0.3 is 9.47 Å². The number of methoxy groups -OCH3 is 1. The van der Waals surface area contributed by atoms with E-state index in [0.717, 1.165) is 28.5 Å². The van der Waals surface area contributed by atoms with Gasteiger partial charge in [0.25, 0.3) is 11.5 Å². The molecule has 0 spiro atoms. The van der Waals surface area contributed by atoms with Gasteiger partial charge >= 0.3 is 0 Å². The first-order valence-electron chi connectivity index (χ1n) is 10.3. The number of pyridine rings is 1. The fourth-order valence-electron chi connectivity index (χ4n) is 3.52. The number of rotatable bonds is 6. The SMILES string of the molecule is COCCN1C(=O)/C(=C\c2c(Oc3ccc(C)cc3C)nc3c(C)cccn3c2=O)SC1=S. The smallest absolute Gasteiger partial charge is 0.269 e. The van der Waals surface area contributed by atoms with Gasteiger partial charge in [-0.2, -0.15) is 4.98 Å². The standard InChI is InChI=1S/C24H23N3O4S2/c1-14-7-8-18(16(3)12-14)31-21-17(22(28)26-9-5-6-15(2)20(26)25-21)13-19-23(29)27(10-11-30-4)24(32)33-19/h5-9,12-13H,10-11H2,1-4H3/b19-13+. The Kier molecular flexibility index (Phi) is 6.64. The van der Waals surface area contributed by atoms with Crippen LogP contribution in [0.3, 0.4) is 0 Å². The number of thioether (sulfide) groups is 1. The molecule has 33 heavy (non-hydrogen) atoms. The van der Waals surface area contributed by atoms with E-state index in [4.69, 9.17) is 21.7 Å². The summed E-state index contributed by atoms with van der Waals surface area (Å²) >= 11 is 6.51. The third kappa shape index (κ3) is 4.57. The lowest BCUT2D eigenvalue weighted by atomic mass is 10.1. The molecule has 0 unspecified atom stereocenters. The minimum absolute atomic E-state index is 0.142. The summed E-state index contributed by atoms with van der Waals surface area (Å²) < 4.78 is 13.1. The van der Waals surface area contributed by atoms with Crippen LogP contribution < -0.4 is 10.3 Å². The molecule has 170 valence electrons. The number of nitrogens with zero attached hydrogens (tertiary/aromatic N) is 3. The second-order valence-electron chi connectivity index (χ2n) is 7.72. The fourth-order valence-corrected chi connectivity index (χ4v) is 4.81. The average molecular weight is 482 g/mol. The molecular formula is C24H23N3O4S2. The Morgan fingerprint density at radius 1 is 1.15 bits per heavy atom. The van der Waals surface area contributed by atoms with Gasteiger partial charge in [-0.05, 0) is 50.1 Å². The van der Waals surface area contributed by atoms with E-state index in [1.54, 1.807) is 19.4 Å². The molecule has 1 aliphatic heterocycles. The third-order valence-corrected chi connectivity index (χ3v) is 6.63. The number of carbonyl (C=O) groups is 1. The van der Waals surface area contributed by atoms with Gasteiger partial charge in [-0.15, -0.1) is 0 Å². The van der Waals surface area contributed by atoms with Gasteiger partial charge in [-0.25, -0.2) is 0 Å². The van der Waals surface area contributed by atoms with Crippen LogP contribution in [0.4, 0.5) is 0 Å². The largest absolute Gasteiger partial charge is 0.438 e. The molecule has 3 aromatic rings. The molecule has 1 fully saturated rings. The molecule has 9 heteroatoms. The number of carbonyl (C=O) groups excluding carboxylic acids is 1. The lowest BCUT2D eigenvalue weighted by molar-refractivity contribution is -0.122. The summed E-state index contributed by atoms with van der Waals surface area (Å²) in [7, 11) is 1.56. The Labute approximate surface area is 201 Å². The summed E-state index contributed by atoms with van der Waals surface area (Å²) in [5.41, 5.74) is 3.20. The third-order valence-electron chi connectivity index (χ3n) is 5.25. The van der Waals surface area contributed by atoms with E-state index in [1.807, 2.05) is 45.0 Å². The van der Waals surface area contributed by atoms with Crippen molar-refractivity contribution >= 4 is 45.9 Å². The first kappa shape index (κ1) is 23.2. The number of amides is 1. The van der Waals surface area contributed by atoms with Gasteiger partial charge in [0.2, 0.25) is 5.88 Å². The average Bonchev–Trinajstić information content (AvgIpc) is 3.04. The van der Waals surface area contributed by atoms with Crippen LogP contribution in [0.5, 0.6) is 11.6 Å². The Balaban J connectivity index is 1.86. The zero-order chi connectivity index (χ0) is 23.7. The van der Waals surface area contributed by atoms with Crippen molar-refractivity contribution in [3.63, 3.8) is 0 Å². The maximum atomic E-state index is 13.5. The lowest BCUT2D eigenvalue weighted by Gasteiger charge is -2.14. The van der Waals surface area contributed by atoms with Crippen LogP contribution in [0.1, 0.15) is 22.3 Å². The topological polar surface area (TPSA) is 73.1 Å². The Morgan fingerprint density at radius 2 is 1.94 bits per heavy atom. The maximum absolute atomic E-state index is 13.5. The highest BCUT2D eigenvalue weighted by Crippen LogP contribution is 2.34. The van der Waals surface area contributed by atoms with Crippen LogP contribution in [0.25, 0.3) is 11.7 Å². The van der Waals surface area contributed by atoms with E-state index in [9.17, 15) is 9.59 Å². The Hall–Kier alpha value is -3.01. The maximum Gasteiger partial charge on any atom is 0.269 e. The Morgan fingerprint density at radius 3 is 2.67 bits per heavy atom. The number of thiocarbonyl (C=S) groups is 1. The molecule has 4 rings (SSSR count). The molecule has 1 saturated heterocycles. The molecule has 0 atom stereocenters. The van der Waals surface area contributed by atoms with E-state index < -0.39 is 0 Å². The number of aromatic nitrogens is 2. The van der Waals surface area contributed by atoms with E-state index in [0.29, 0.717) is 33.8 Å². The van der Waals surface area contributed by atoms with Crippen molar-refractivity contribution in [2.24, 2.45) is 0 Å². The fraction of sp³-hybridized carbons (Fsp3) is 0.250. The van der Waals surface area contributed by atoms with Gasteiger partial charge in [0.05, 0.1) is 18.1 Å². The van der Waals surface area contributed by atoms with Crippen molar-refractivity contribution in [3.8, 4) is 11.6 Å². The molecule has 0 N–H and O–H groups in total. The minimum Gasteiger partial charge on any atom is -0.438 e. The summed E-state index contributed by atoms with van der Waals surface area (Å²) in [6.07, 6.45) is 3.18. The summed E-state index contributed by atoms with van der Waals surface area (Å²) in [6, 6.07) is 9.44. The van der Waals surface area contributed by atoms with E-state index in [1.165, 1.54) is 15.4 Å². The van der Waals surface area contributed by atoms with Crippen LogP contribution in [0, 0.1) is 20.8 Å². The van der Waals surface area contributed by atoms with Gasteiger partial charge in [0.1, 0.15) is 21.3 Å². The van der Waals surface area contributed by atoms with Crippen LogP contribution in [-0.4, -0.2) is 44.8 Å². The molecular weight excluding hydrogens is 458 g/mol. The molecule has 1 aliphatic rings. The molecule has 2 aromatic heterocycles. The number of aryl methyl sites for hydroxylation is 3. The van der Waals surface area contributed by atoms with E-state index >= 15 is 0 Å². The summed E-state index contributed by atoms with van der Waals surface area (Å²) in [6.45, 7) is 6.52. The molecule has 1 aromatic carbocycles.